The van der Waals surface area contributed by atoms with E-state index in [1.807, 2.05) is 13.8 Å². The first kappa shape index (κ1) is 10.6. The minimum atomic E-state index is 0.169. The van der Waals surface area contributed by atoms with Crippen LogP contribution in [0.1, 0.15) is 34.1 Å². The van der Waals surface area contributed by atoms with E-state index in [1.54, 1.807) is 0 Å². The summed E-state index contributed by atoms with van der Waals surface area (Å²) in [6.45, 7) is 8.87. The van der Waals surface area contributed by atoms with E-state index in [0.29, 0.717) is 18.2 Å². The van der Waals surface area contributed by atoms with Gasteiger partial charge in [0.15, 0.2) is 0 Å². The largest absolute Gasteiger partial charge is 0.314 e. The van der Waals surface area contributed by atoms with Gasteiger partial charge in [0.2, 0.25) is 0 Å². The van der Waals surface area contributed by atoms with E-state index in [4.69, 9.17) is 0 Å². The second kappa shape index (κ2) is 5.30. The van der Waals surface area contributed by atoms with Gasteiger partial charge in [-0.2, -0.15) is 0 Å². The van der Waals surface area contributed by atoms with Crippen LogP contribution in [-0.4, -0.2) is 18.4 Å². The fourth-order valence-corrected chi connectivity index (χ4v) is 0.875. The SMILES string of the molecule is CCC(=O)C(C)CNC(C)C. The zero-order valence-corrected chi connectivity index (χ0v) is 7.98. The Hall–Kier alpha value is -0.370. The van der Waals surface area contributed by atoms with E-state index < -0.39 is 0 Å². The van der Waals surface area contributed by atoms with Crippen molar-refractivity contribution in [2.45, 2.75) is 40.2 Å². The Bertz CT molecular complexity index is 121. The standard InChI is InChI=1S/C9H19NO/c1-5-9(11)8(4)6-10-7(2)3/h7-8,10H,5-6H2,1-4H3. The van der Waals surface area contributed by atoms with Gasteiger partial charge in [-0.05, 0) is 0 Å². The summed E-state index contributed by atoms with van der Waals surface area (Å²) in [7, 11) is 0. The first-order valence-electron chi connectivity index (χ1n) is 4.34. The minimum Gasteiger partial charge on any atom is -0.314 e. The highest BCUT2D eigenvalue weighted by atomic mass is 16.1. The molecule has 0 aromatic heterocycles. The summed E-state index contributed by atoms with van der Waals surface area (Å²) >= 11 is 0. The van der Waals surface area contributed by atoms with Crippen LogP contribution >= 0.6 is 0 Å². The quantitative estimate of drug-likeness (QED) is 0.656. The molecule has 1 N–H and O–H groups in total. The average Bonchev–Trinajstić information content (AvgIpc) is 1.98. The molecule has 0 aliphatic heterocycles. The van der Waals surface area contributed by atoms with Gasteiger partial charge in [-0.3, -0.25) is 4.79 Å². The summed E-state index contributed by atoms with van der Waals surface area (Å²) in [5.41, 5.74) is 0. The number of ketones is 1. The monoisotopic (exact) mass is 157 g/mol. The number of carbonyl (C=O) groups excluding carboxylic acids is 1. The van der Waals surface area contributed by atoms with Crippen LogP contribution in [0.4, 0.5) is 0 Å². The van der Waals surface area contributed by atoms with Gasteiger partial charge in [-0.25, -0.2) is 0 Å². The molecule has 0 saturated heterocycles. The maximum absolute atomic E-state index is 11.1. The molecule has 0 heterocycles. The van der Waals surface area contributed by atoms with Crippen LogP contribution in [0.15, 0.2) is 0 Å². The third kappa shape index (κ3) is 4.96. The normalized spacial score (nSPS) is 13.5. The number of hydrogen-bond donors (Lipinski definition) is 1. The minimum absolute atomic E-state index is 0.169. The molecular weight excluding hydrogens is 138 g/mol. The summed E-state index contributed by atoms with van der Waals surface area (Å²) in [6.07, 6.45) is 0.654. The highest BCUT2D eigenvalue weighted by Crippen LogP contribution is 1.98. The van der Waals surface area contributed by atoms with Gasteiger partial charge in [0.05, 0.1) is 0 Å². The van der Waals surface area contributed by atoms with Crippen LogP contribution in [0.25, 0.3) is 0 Å². The zero-order valence-electron chi connectivity index (χ0n) is 7.98. The van der Waals surface area contributed by atoms with Crippen molar-refractivity contribution in [2.75, 3.05) is 6.54 Å². The van der Waals surface area contributed by atoms with Crippen LogP contribution in [0, 0.1) is 5.92 Å². The molecule has 2 nitrogen and oxygen atoms in total. The van der Waals surface area contributed by atoms with E-state index in [9.17, 15) is 4.79 Å². The van der Waals surface area contributed by atoms with Crippen molar-refractivity contribution in [3.8, 4) is 0 Å². The second-order valence-electron chi connectivity index (χ2n) is 3.28. The molecule has 0 radical (unpaired) electrons. The fourth-order valence-electron chi connectivity index (χ4n) is 0.875. The molecule has 0 aromatic carbocycles. The number of nitrogens with one attached hydrogen (secondary N) is 1. The molecule has 0 aliphatic carbocycles. The zero-order chi connectivity index (χ0) is 8.85. The van der Waals surface area contributed by atoms with Crippen molar-refractivity contribution >= 4 is 5.78 Å². The summed E-state index contributed by atoms with van der Waals surface area (Å²) in [6, 6.07) is 0.474. The summed E-state index contributed by atoms with van der Waals surface area (Å²) < 4.78 is 0. The van der Waals surface area contributed by atoms with Crippen molar-refractivity contribution < 1.29 is 4.79 Å². The molecule has 0 fully saturated rings. The van der Waals surface area contributed by atoms with E-state index in [0.717, 1.165) is 6.54 Å². The maximum atomic E-state index is 11.1. The topological polar surface area (TPSA) is 29.1 Å². The van der Waals surface area contributed by atoms with Gasteiger partial charge in [-0.15, -0.1) is 0 Å². The molecule has 0 saturated carbocycles. The Morgan fingerprint density at radius 3 is 2.27 bits per heavy atom. The van der Waals surface area contributed by atoms with Crippen molar-refractivity contribution in [2.24, 2.45) is 5.92 Å². The fraction of sp³-hybridized carbons (Fsp3) is 0.889. The molecule has 2 heteroatoms. The van der Waals surface area contributed by atoms with Crippen LogP contribution < -0.4 is 5.32 Å². The first-order chi connectivity index (χ1) is 5.07. The van der Waals surface area contributed by atoms with Crippen molar-refractivity contribution in [1.29, 1.82) is 0 Å². The van der Waals surface area contributed by atoms with Gasteiger partial charge in [-0.1, -0.05) is 27.7 Å². The number of hydrogen-bond acceptors (Lipinski definition) is 2. The third-order valence-corrected chi connectivity index (χ3v) is 1.73. The Balaban J connectivity index is 3.52. The predicted molar refractivity (Wildman–Crippen MR) is 47.6 cm³/mol. The average molecular weight is 157 g/mol. The van der Waals surface area contributed by atoms with Crippen LogP contribution in [-0.2, 0) is 4.79 Å². The van der Waals surface area contributed by atoms with E-state index in [1.165, 1.54) is 0 Å². The molecule has 0 spiro atoms. The lowest BCUT2D eigenvalue weighted by atomic mass is 10.0. The summed E-state index contributed by atoms with van der Waals surface area (Å²) in [5.74, 6) is 0.514. The lowest BCUT2D eigenvalue weighted by molar-refractivity contribution is -0.121. The first-order valence-corrected chi connectivity index (χ1v) is 4.34. The smallest absolute Gasteiger partial charge is 0.136 e. The predicted octanol–water partition coefficient (Wildman–Crippen LogP) is 1.60. The molecule has 0 amide bonds. The summed E-state index contributed by atoms with van der Waals surface area (Å²) in [4.78, 5) is 11.1. The van der Waals surface area contributed by atoms with E-state index in [2.05, 4.69) is 19.2 Å². The van der Waals surface area contributed by atoms with Gasteiger partial charge < -0.3 is 5.32 Å². The van der Waals surface area contributed by atoms with Gasteiger partial charge in [0.25, 0.3) is 0 Å². The van der Waals surface area contributed by atoms with Gasteiger partial charge in [0, 0.05) is 24.9 Å². The maximum Gasteiger partial charge on any atom is 0.136 e. The highest BCUT2D eigenvalue weighted by molar-refractivity contribution is 5.80. The van der Waals surface area contributed by atoms with Crippen molar-refractivity contribution in [3.63, 3.8) is 0 Å². The molecule has 0 aliphatic rings. The molecule has 1 unspecified atom stereocenters. The molecule has 11 heavy (non-hydrogen) atoms. The number of carbonyl (C=O) groups is 1. The highest BCUT2D eigenvalue weighted by Gasteiger charge is 2.09. The lowest BCUT2D eigenvalue weighted by Crippen LogP contribution is -2.31. The van der Waals surface area contributed by atoms with Gasteiger partial charge >= 0.3 is 0 Å². The van der Waals surface area contributed by atoms with Crippen molar-refractivity contribution in [1.82, 2.24) is 5.32 Å². The van der Waals surface area contributed by atoms with Crippen LogP contribution in [0.3, 0.4) is 0 Å². The molecule has 0 bridgehead atoms. The Labute approximate surface area is 69.4 Å². The third-order valence-electron chi connectivity index (χ3n) is 1.73. The molecule has 0 aromatic rings. The van der Waals surface area contributed by atoms with Crippen LogP contribution in [0.2, 0.25) is 0 Å². The summed E-state index contributed by atoms with van der Waals surface area (Å²) in [5, 5.41) is 3.24. The second-order valence-corrected chi connectivity index (χ2v) is 3.28. The van der Waals surface area contributed by atoms with Crippen LogP contribution in [0.5, 0.6) is 0 Å². The van der Waals surface area contributed by atoms with E-state index in [-0.39, 0.29) is 5.92 Å². The Morgan fingerprint density at radius 2 is 1.91 bits per heavy atom. The lowest BCUT2D eigenvalue weighted by Gasteiger charge is -2.12. The molecular formula is C9H19NO. The molecule has 66 valence electrons. The Morgan fingerprint density at radius 1 is 1.36 bits per heavy atom. The Kier molecular flexibility index (Phi) is 5.12. The number of Topliss-reactive ketones (excluding diaryl/α,β-unsaturated/α-hetero) is 1. The molecule has 0 rings (SSSR count). The van der Waals surface area contributed by atoms with E-state index >= 15 is 0 Å². The van der Waals surface area contributed by atoms with Gasteiger partial charge in [0.1, 0.15) is 5.78 Å². The number of rotatable bonds is 5. The van der Waals surface area contributed by atoms with Crippen molar-refractivity contribution in [3.05, 3.63) is 0 Å². The molecule has 1 atom stereocenters.